The van der Waals surface area contributed by atoms with Crippen molar-refractivity contribution >= 4 is 23.2 Å². The quantitative estimate of drug-likeness (QED) is 0.563. The molecule has 0 saturated carbocycles. The van der Waals surface area contributed by atoms with Crippen LogP contribution < -0.4 is 5.32 Å². The Bertz CT molecular complexity index is 1040. The van der Waals surface area contributed by atoms with E-state index in [1.54, 1.807) is 0 Å². The first kappa shape index (κ1) is 17.5. The van der Waals surface area contributed by atoms with E-state index in [4.69, 9.17) is 11.6 Å². The van der Waals surface area contributed by atoms with Gasteiger partial charge in [-0.3, -0.25) is 4.79 Å². The Balaban J connectivity index is 1.60. The number of hydrogen-bond donors (Lipinski definition) is 1. The Morgan fingerprint density at radius 3 is 1.93 bits per heavy atom. The molecule has 6 rings (SSSR count). The predicted molar refractivity (Wildman–Crippen MR) is 114 cm³/mol. The second kappa shape index (κ2) is 6.49. The molecule has 3 aliphatic rings. The molecular weight excluding hydrogens is 366 g/mol. The standard InChI is InChI=1S/C25H22ClNO/c1-14-20(26)12-7-13-21(14)27-25(28)23-15(2)22-16-8-3-5-10-18(16)24(23)19-11-6-4-9-17(19)22/h3-13,15,22-24H,1-2H3,(H,27,28)/t15-,22?,23-,24?/m0/s1. The molecule has 3 aromatic rings. The Hall–Kier alpha value is -2.58. The molecule has 0 radical (unpaired) electrons. The zero-order valence-corrected chi connectivity index (χ0v) is 16.7. The van der Waals surface area contributed by atoms with Gasteiger partial charge in [-0.1, -0.05) is 73.1 Å². The van der Waals surface area contributed by atoms with E-state index < -0.39 is 0 Å². The Kier molecular flexibility index (Phi) is 4.06. The number of carbonyl (C=O) groups is 1. The molecule has 0 fully saturated rings. The molecule has 0 spiro atoms. The van der Waals surface area contributed by atoms with Crippen LogP contribution in [0.5, 0.6) is 0 Å². The number of halogens is 1. The van der Waals surface area contributed by atoms with E-state index in [1.165, 1.54) is 22.3 Å². The Morgan fingerprint density at radius 1 is 0.821 bits per heavy atom. The van der Waals surface area contributed by atoms with Crippen LogP contribution >= 0.6 is 11.6 Å². The van der Waals surface area contributed by atoms with Crippen LogP contribution in [0.2, 0.25) is 5.02 Å². The number of benzene rings is 3. The van der Waals surface area contributed by atoms with Crippen molar-refractivity contribution in [3.63, 3.8) is 0 Å². The van der Waals surface area contributed by atoms with Crippen molar-refractivity contribution in [2.75, 3.05) is 5.32 Å². The van der Waals surface area contributed by atoms with Gasteiger partial charge < -0.3 is 5.32 Å². The molecule has 0 aromatic heterocycles. The molecule has 0 aliphatic heterocycles. The van der Waals surface area contributed by atoms with E-state index in [0.29, 0.717) is 5.02 Å². The Morgan fingerprint density at radius 2 is 1.36 bits per heavy atom. The van der Waals surface area contributed by atoms with Gasteiger partial charge in [0.25, 0.3) is 0 Å². The van der Waals surface area contributed by atoms with E-state index >= 15 is 0 Å². The van der Waals surface area contributed by atoms with Crippen molar-refractivity contribution in [3.05, 3.63) is 99.6 Å². The van der Waals surface area contributed by atoms with Crippen LogP contribution in [-0.2, 0) is 4.79 Å². The van der Waals surface area contributed by atoms with Crippen molar-refractivity contribution in [1.29, 1.82) is 0 Å². The summed E-state index contributed by atoms with van der Waals surface area (Å²) in [6.07, 6.45) is 0. The minimum Gasteiger partial charge on any atom is -0.326 e. The predicted octanol–water partition coefficient (Wildman–Crippen LogP) is 6.13. The van der Waals surface area contributed by atoms with Crippen LogP contribution in [0.1, 0.15) is 46.6 Å². The first-order valence-corrected chi connectivity index (χ1v) is 10.2. The zero-order valence-electron chi connectivity index (χ0n) is 15.9. The van der Waals surface area contributed by atoms with E-state index in [2.05, 4.69) is 60.8 Å². The van der Waals surface area contributed by atoms with Crippen LogP contribution in [0.3, 0.4) is 0 Å². The van der Waals surface area contributed by atoms with E-state index in [1.807, 2.05) is 25.1 Å². The molecular formula is C25H22ClNO. The number of hydrogen-bond acceptors (Lipinski definition) is 1. The van der Waals surface area contributed by atoms with E-state index in [0.717, 1.165) is 11.3 Å². The number of anilines is 1. The summed E-state index contributed by atoms with van der Waals surface area (Å²) in [5, 5.41) is 3.85. The normalized spacial score (nSPS) is 24.4. The molecule has 3 aliphatic carbocycles. The summed E-state index contributed by atoms with van der Waals surface area (Å²) in [7, 11) is 0. The molecule has 2 nitrogen and oxygen atoms in total. The molecule has 3 aromatic carbocycles. The third-order valence-corrected chi connectivity index (χ3v) is 7.02. The minimum absolute atomic E-state index is 0.0804. The van der Waals surface area contributed by atoms with Crippen LogP contribution in [0.25, 0.3) is 0 Å². The molecule has 0 unspecified atom stereocenters. The molecule has 140 valence electrons. The smallest absolute Gasteiger partial charge is 0.228 e. The minimum atomic E-state index is -0.104. The van der Waals surface area contributed by atoms with Crippen molar-refractivity contribution in [2.45, 2.75) is 25.7 Å². The second-order valence-corrected chi connectivity index (χ2v) is 8.41. The van der Waals surface area contributed by atoms with Crippen LogP contribution in [-0.4, -0.2) is 5.91 Å². The van der Waals surface area contributed by atoms with Crippen LogP contribution in [0.4, 0.5) is 5.69 Å². The van der Waals surface area contributed by atoms with Gasteiger partial charge in [0, 0.05) is 22.5 Å². The SMILES string of the molecule is Cc1c(Cl)cccc1NC(=O)[C@@H]1C2c3ccccc3C(c3ccccc32)[C@@H]1C. The molecule has 3 heteroatoms. The number of amides is 1. The molecule has 0 saturated heterocycles. The number of nitrogens with one attached hydrogen (secondary N) is 1. The zero-order chi connectivity index (χ0) is 19.4. The molecule has 1 amide bonds. The first-order chi connectivity index (χ1) is 13.6. The van der Waals surface area contributed by atoms with Gasteiger partial charge in [0.15, 0.2) is 0 Å². The lowest BCUT2D eigenvalue weighted by atomic mass is 9.54. The maximum atomic E-state index is 13.5. The third kappa shape index (κ3) is 2.44. The van der Waals surface area contributed by atoms with E-state index in [9.17, 15) is 4.79 Å². The number of rotatable bonds is 2. The Labute approximate surface area is 170 Å². The average Bonchev–Trinajstić information content (AvgIpc) is 2.71. The maximum absolute atomic E-state index is 13.5. The summed E-state index contributed by atoms with van der Waals surface area (Å²) in [4.78, 5) is 13.5. The van der Waals surface area contributed by atoms with Gasteiger partial charge in [-0.15, -0.1) is 0 Å². The van der Waals surface area contributed by atoms with Crippen molar-refractivity contribution < 1.29 is 4.79 Å². The third-order valence-electron chi connectivity index (χ3n) is 6.61. The highest BCUT2D eigenvalue weighted by Gasteiger charge is 2.50. The highest BCUT2D eigenvalue weighted by atomic mass is 35.5. The van der Waals surface area contributed by atoms with Gasteiger partial charge in [0.1, 0.15) is 0 Å². The van der Waals surface area contributed by atoms with Crippen LogP contribution in [0.15, 0.2) is 66.7 Å². The summed E-state index contributed by atoms with van der Waals surface area (Å²) in [6.45, 7) is 4.16. The van der Waals surface area contributed by atoms with Gasteiger partial charge in [0.2, 0.25) is 5.91 Å². The lowest BCUT2D eigenvalue weighted by Crippen LogP contribution is -2.44. The lowest BCUT2D eigenvalue weighted by Gasteiger charge is -2.49. The molecule has 2 atom stereocenters. The van der Waals surface area contributed by atoms with Gasteiger partial charge in [-0.05, 0) is 52.8 Å². The van der Waals surface area contributed by atoms with Gasteiger partial charge in [-0.25, -0.2) is 0 Å². The highest BCUT2D eigenvalue weighted by Crippen LogP contribution is 2.58. The highest BCUT2D eigenvalue weighted by molar-refractivity contribution is 6.31. The summed E-state index contributed by atoms with van der Waals surface area (Å²) in [6, 6.07) is 22.9. The van der Waals surface area contributed by atoms with Crippen molar-refractivity contribution in [3.8, 4) is 0 Å². The van der Waals surface area contributed by atoms with Crippen molar-refractivity contribution in [1.82, 2.24) is 0 Å². The molecule has 2 bridgehead atoms. The maximum Gasteiger partial charge on any atom is 0.228 e. The van der Waals surface area contributed by atoms with Crippen molar-refractivity contribution in [2.24, 2.45) is 11.8 Å². The largest absolute Gasteiger partial charge is 0.326 e. The topological polar surface area (TPSA) is 29.1 Å². The summed E-state index contributed by atoms with van der Waals surface area (Å²) < 4.78 is 0. The van der Waals surface area contributed by atoms with Gasteiger partial charge >= 0.3 is 0 Å². The number of carbonyl (C=O) groups excluding carboxylic acids is 1. The average molecular weight is 388 g/mol. The summed E-state index contributed by atoms with van der Waals surface area (Å²) in [5.74, 6) is 0.555. The van der Waals surface area contributed by atoms with Crippen LogP contribution in [0, 0.1) is 18.8 Å². The second-order valence-electron chi connectivity index (χ2n) is 8.00. The fourth-order valence-electron chi connectivity index (χ4n) is 5.30. The monoisotopic (exact) mass is 387 g/mol. The molecule has 28 heavy (non-hydrogen) atoms. The molecule has 1 N–H and O–H groups in total. The molecule has 0 heterocycles. The van der Waals surface area contributed by atoms with E-state index in [-0.39, 0.29) is 29.6 Å². The van der Waals surface area contributed by atoms with Gasteiger partial charge in [-0.2, -0.15) is 0 Å². The lowest BCUT2D eigenvalue weighted by molar-refractivity contribution is -0.122. The summed E-state index contributed by atoms with van der Waals surface area (Å²) in [5.41, 5.74) is 7.06. The fourth-order valence-corrected chi connectivity index (χ4v) is 5.48. The first-order valence-electron chi connectivity index (χ1n) is 9.81. The summed E-state index contributed by atoms with van der Waals surface area (Å²) >= 11 is 6.26. The fraction of sp³-hybridized carbons (Fsp3) is 0.240. The van der Waals surface area contributed by atoms with Gasteiger partial charge in [0.05, 0.1) is 5.92 Å². The number of fused-ring (bicyclic) bond motifs is 1.